The lowest BCUT2D eigenvalue weighted by Gasteiger charge is -2.07. The summed E-state index contributed by atoms with van der Waals surface area (Å²) in [7, 11) is 0. The highest BCUT2D eigenvalue weighted by molar-refractivity contribution is 6.41. The molecule has 0 saturated heterocycles. The Morgan fingerprint density at radius 2 is 2.24 bits per heavy atom. The van der Waals surface area contributed by atoms with Crippen molar-refractivity contribution < 1.29 is 23.5 Å². The molecule has 0 atom stereocenters. The van der Waals surface area contributed by atoms with E-state index in [2.05, 4.69) is 4.74 Å². The summed E-state index contributed by atoms with van der Waals surface area (Å²) in [5.41, 5.74) is 0.414. The number of benzene rings is 1. The van der Waals surface area contributed by atoms with Gasteiger partial charge in [-0.05, 0) is 18.6 Å². The molecule has 90 valence electrons. The number of hydrogen-bond acceptors (Lipinski definition) is 4. The van der Waals surface area contributed by atoms with Gasteiger partial charge in [-0.3, -0.25) is 4.79 Å². The highest BCUT2D eigenvalue weighted by atomic mass is 19.1. The summed E-state index contributed by atoms with van der Waals surface area (Å²) in [5, 5.41) is 0. The summed E-state index contributed by atoms with van der Waals surface area (Å²) in [4.78, 5) is 23.0. The smallest absolute Gasteiger partial charge is 0.379 e. The van der Waals surface area contributed by atoms with E-state index in [0.717, 1.165) is 5.56 Å². The molecular formula is C12H11FO4. The molecule has 0 radical (unpaired) electrons. The van der Waals surface area contributed by atoms with E-state index < -0.39 is 17.6 Å². The van der Waals surface area contributed by atoms with Gasteiger partial charge in [0.15, 0.2) is 0 Å². The van der Waals surface area contributed by atoms with Crippen molar-refractivity contribution in [1.29, 1.82) is 0 Å². The van der Waals surface area contributed by atoms with Crippen LogP contribution >= 0.6 is 0 Å². The minimum absolute atomic E-state index is 0.0715. The number of hydrogen-bond donors (Lipinski definition) is 0. The number of carbonyl (C=O) groups excluding carboxylic acids is 2. The third kappa shape index (κ3) is 2.00. The van der Waals surface area contributed by atoms with Crippen LogP contribution in [0.1, 0.15) is 22.8 Å². The second-order valence-corrected chi connectivity index (χ2v) is 3.56. The average Bonchev–Trinajstić information content (AvgIpc) is 2.76. The zero-order valence-electron chi connectivity index (χ0n) is 9.29. The van der Waals surface area contributed by atoms with Crippen molar-refractivity contribution in [2.75, 3.05) is 13.2 Å². The van der Waals surface area contributed by atoms with Gasteiger partial charge in [0, 0.05) is 6.42 Å². The van der Waals surface area contributed by atoms with Gasteiger partial charge in [0.2, 0.25) is 0 Å². The van der Waals surface area contributed by atoms with E-state index in [1.165, 1.54) is 6.07 Å². The Morgan fingerprint density at radius 1 is 1.47 bits per heavy atom. The maximum atomic E-state index is 13.6. The first-order valence-electron chi connectivity index (χ1n) is 5.30. The Labute approximate surface area is 97.3 Å². The number of ether oxygens (including phenoxy) is 2. The van der Waals surface area contributed by atoms with Crippen LogP contribution in [0.15, 0.2) is 12.1 Å². The molecule has 1 aromatic carbocycles. The SMILES string of the molecule is CCOC(=O)C(=O)c1c(F)ccc2c1OCC2. The molecule has 0 spiro atoms. The Kier molecular flexibility index (Phi) is 3.08. The summed E-state index contributed by atoms with van der Waals surface area (Å²) >= 11 is 0. The molecule has 0 aromatic heterocycles. The fourth-order valence-electron chi connectivity index (χ4n) is 1.74. The molecule has 0 amide bonds. The van der Waals surface area contributed by atoms with Crippen LogP contribution in [0.25, 0.3) is 0 Å². The van der Waals surface area contributed by atoms with E-state index in [-0.39, 0.29) is 17.9 Å². The van der Waals surface area contributed by atoms with Crippen molar-refractivity contribution in [3.05, 3.63) is 29.1 Å². The summed E-state index contributed by atoms with van der Waals surface area (Å²) in [6.45, 7) is 2.04. The summed E-state index contributed by atoms with van der Waals surface area (Å²) in [6.07, 6.45) is 0.610. The average molecular weight is 238 g/mol. The number of esters is 1. The van der Waals surface area contributed by atoms with Gasteiger partial charge in [-0.25, -0.2) is 9.18 Å². The van der Waals surface area contributed by atoms with Gasteiger partial charge in [0.1, 0.15) is 17.1 Å². The third-order valence-electron chi connectivity index (χ3n) is 2.49. The zero-order valence-corrected chi connectivity index (χ0v) is 9.29. The molecule has 1 heterocycles. The van der Waals surface area contributed by atoms with Gasteiger partial charge in [-0.15, -0.1) is 0 Å². The largest absolute Gasteiger partial charge is 0.492 e. The van der Waals surface area contributed by atoms with Crippen LogP contribution in [0.4, 0.5) is 4.39 Å². The normalized spacial score (nSPS) is 12.8. The number of fused-ring (bicyclic) bond motifs is 1. The lowest BCUT2D eigenvalue weighted by atomic mass is 10.0. The Hall–Kier alpha value is -1.91. The van der Waals surface area contributed by atoms with Crippen LogP contribution in [0.2, 0.25) is 0 Å². The fourth-order valence-corrected chi connectivity index (χ4v) is 1.74. The van der Waals surface area contributed by atoms with E-state index in [9.17, 15) is 14.0 Å². The molecule has 0 N–H and O–H groups in total. The number of ketones is 1. The molecule has 1 aliphatic rings. The van der Waals surface area contributed by atoms with Gasteiger partial charge in [0.05, 0.1) is 13.2 Å². The maximum Gasteiger partial charge on any atom is 0.379 e. The quantitative estimate of drug-likeness (QED) is 0.455. The first kappa shape index (κ1) is 11.6. The van der Waals surface area contributed by atoms with Crippen LogP contribution in [0.5, 0.6) is 5.75 Å². The van der Waals surface area contributed by atoms with E-state index >= 15 is 0 Å². The molecule has 0 unspecified atom stereocenters. The molecule has 0 bridgehead atoms. The van der Waals surface area contributed by atoms with Crippen molar-refractivity contribution in [2.24, 2.45) is 0 Å². The van der Waals surface area contributed by atoms with Crippen molar-refractivity contribution >= 4 is 11.8 Å². The van der Waals surface area contributed by atoms with Crippen molar-refractivity contribution in [2.45, 2.75) is 13.3 Å². The highest BCUT2D eigenvalue weighted by Crippen LogP contribution is 2.31. The van der Waals surface area contributed by atoms with Crippen LogP contribution in [0.3, 0.4) is 0 Å². The number of rotatable bonds is 3. The maximum absolute atomic E-state index is 13.6. The second-order valence-electron chi connectivity index (χ2n) is 3.56. The predicted molar refractivity (Wildman–Crippen MR) is 56.6 cm³/mol. The monoisotopic (exact) mass is 238 g/mol. The van der Waals surface area contributed by atoms with Crippen LogP contribution in [0, 0.1) is 5.82 Å². The second kappa shape index (κ2) is 4.53. The topological polar surface area (TPSA) is 52.6 Å². The molecule has 1 aliphatic heterocycles. The third-order valence-corrected chi connectivity index (χ3v) is 2.49. The molecule has 0 saturated carbocycles. The summed E-state index contributed by atoms with van der Waals surface area (Å²) < 4.78 is 23.3. The first-order valence-corrected chi connectivity index (χ1v) is 5.30. The Balaban J connectivity index is 2.41. The first-order chi connectivity index (χ1) is 8.15. The molecule has 17 heavy (non-hydrogen) atoms. The summed E-state index contributed by atoms with van der Waals surface area (Å²) in [5.74, 6) is -2.65. The molecule has 4 nitrogen and oxygen atoms in total. The fraction of sp³-hybridized carbons (Fsp3) is 0.333. The number of halogens is 1. The van der Waals surface area contributed by atoms with Crippen molar-refractivity contribution in [1.82, 2.24) is 0 Å². The minimum atomic E-state index is -1.06. The highest BCUT2D eigenvalue weighted by Gasteiger charge is 2.29. The minimum Gasteiger partial charge on any atom is -0.492 e. The van der Waals surface area contributed by atoms with E-state index in [1.807, 2.05) is 0 Å². The van der Waals surface area contributed by atoms with E-state index in [4.69, 9.17) is 4.74 Å². The van der Waals surface area contributed by atoms with Gasteiger partial charge in [-0.1, -0.05) is 6.07 Å². The number of carbonyl (C=O) groups is 2. The predicted octanol–water partition coefficient (Wildman–Crippen LogP) is 1.51. The van der Waals surface area contributed by atoms with Crippen molar-refractivity contribution in [3.63, 3.8) is 0 Å². The standard InChI is InChI=1S/C12H11FO4/c1-2-16-12(15)10(14)9-8(13)4-3-7-5-6-17-11(7)9/h3-4H,2,5-6H2,1H3. The van der Waals surface area contributed by atoms with E-state index in [0.29, 0.717) is 13.0 Å². The number of Topliss-reactive ketones (excluding diaryl/α,β-unsaturated/α-hetero) is 1. The molecule has 0 fully saturated rings. The van der Waals surface area contributed by atoms with Gasteiger partial charge in [-0.2, -0.15) is 0 Å². The Morgan fingerprint density at radius 3 is 2.94 bits per heavy atom. The van der Waals surface area contributed by atoms with Crippen LogP contribution < -0.4 is 4.74 Å². The van der Waals surface area contributed by atoms with Crippen LogP contribution in [-0.4, -0.2) is 25.0 Å². The van der Waals surface area contributed by atoms with Gasteiger partial charge in [0.25, 0.3) is 5.78 Å². The molecule has 5 heteroatoms. The zero-order chi connectivity index (χ0) is 12.4. The molecule has 2 rings (SSSR count). The lowest BCUT2D eigenvalue weighted by molar-refractivity contribution is -0.137. The molecule has 1 aromatic rings. The lowest BCUT2D eigenvalue weighted by Crippen LogP contribution is -2.19. The van der Waals surface area contributed by atoms with Crippen molar-refractivity contribution in [3.8, 4) is 5.75 Å². The molecular weight excluding hydrogens is 227 g/mol. The summed E-state index contributed by atoms with van der Waals surface area (Å²) in [6, 6.07) is 2.72. The van der Waals surface area contributed by atoms with Gasteiger partial charge >= 0.3 is 5.97 Å². The van der Waals surface area contributed by atoms with E-state index in [1.54, 1.807) is 13.0 Å². The van der Waals surface area contributed by atoms with Crippen LogP contribution in [-0.2, 0) is 16.0 Å². The Bertz CT molecular complexity index is 482. The van der Waals surface area contributed by atoms with Gasteiger partial charge < -0.3 is 9.47 Å². The molecule has 0 aliphatic carbocycles.